The summed E-state index contributed by atoms with van der Waals surface area (Å²) in [6.07, 6.45) is 0.519. The van der Waals surface area contributed by atoms with Gasteiger partial charge in [0, 0.05) is 25.0 Å². The van der Waals surface area contributed by atoms with Crippen molar-refractivity contribution in [1.29, 1.82) is 0 Å². The number of anilines is 2. The first-order chi connectivity index (χ1) is 11.4. The standard InChI is InChI=1S/C17H16F3N3O/c18-17(19,20)13-4-3-5-14(9-13)22-15-8-12(10-21-11-15)16(24)23-6-1-2-7-23/h3-5,8-11,22H,1-2,6-7H2. The van der Waals surface area contributed by atoms with E-state index in [0.717, 1.165) is 38.1 Å². The highest BCUT2D eigenvalue weighted by Gasteiger charge is 2.30. The summed E-state index contributed by atoms with van der Waals surface area (Å²) in [5.74, 6) is -0.104. The summed E-state index contributed by atoms with van der Waals surface area (Å²) in [4.78, 5) is 18.1. The third-order valence-electron chi connectivity index (χ3n) is 3.86. The fraction of sp³-hybridized carbons (Fsp3) is 0.294. The predicted octanol–water partition coefficient (Wildman–Crippen LogP) is 4.08. The Hall–Kier alpha value is -2.57. The number of hydrogen-bond donors (Lipinski definition) is 1. The quantitative estimate of drug-likeness (QED) is 0.919. The molecule has 1 amide bonds. The molecule has 7 heteroatoms. The molecule has 24 heavy (non-hydrogen) atoms. The van der Waals surface area contributed by atoms with E-state index in [2.05, 4.69) is 10.3 Å². The Morgan fingerprint density at radius 2 is 1.83 bits per heavy atom. The molecule has 0 aliphatic carbocycles. The maximum Gasteiger partial charge on any atom is 0.416 e. The molecule has 3 rings (SSSR count). The Bertz CT molecular complexity index is 740. The zero-order chi connectivity index (χ0) is 17.2. The second-order valence-electron chi connectivity index (χ2n) is 5.67. The van der Waals surface area contributed by atoms with E-state index in [1.807, 2.05) is 0 Å². The fourth-order valence-electron chi connectivity index (χ4n) is 2.67. The largest absolute Gasteiger partial charge is 0.416 e. The lowest BCUT2D eigenvalue weighted by atomic mass is 10.2. The third kappa shape index (κ3) is 3.67. The Labute approximate surface area is 137 Å². The van der Waals surface area contributed by atoms with E-state index in [0.29, 0.717) is 11.3 Å². The smallest absolute Gasteiger partial charge is 0.354 e. The zero-order valence-electron chi connectivity index (χ0n) is 12.8. The van der Waals surface area contributed by atoms with Crippen molar-refractivity contribution < 1.29 is 18.0 Å². The monoisotopic (exact) mass is 335 g/mol. The summed E-state index contributed by atoms with van der Waals surface area (Å²) in [5, 5.41) is 2.87. The third-order valence-corrected chi connectivity index (χ3v) is 3.86. The highest BCUT2D eigenvalue weighted by atomic mass is 19.4. The van der Waals surface area contributed by atoms with Gasteiger partial charge < -0.3 is 10.2 Å². The van der Waals surface area contributed by atoms with E-state index in [9.17, 15) is 18.0 Å². The molecular weight excluding hydrogens is 319 g/mol. The summed E-state index contributed by atoms with van der Waals surface area (Å²) >= 11 is 0. The van der Waals surface area contributed by atoms with Crippen LogP contribution in [-0.4, -0.2) is 28.9 Å². The van der Waals surface area contributed by atoms with Gasteiger partial charge in [0.1, 0.15) is 0 Å². The molecule has 0 atom stereocenters. The van der Waals surface area contributed by atoms with Crippen molar-refractivity contribution in [2.24, 2.45) is 0 Å². The molecule has 0 radical (unpaired) electrons. The van der Waals surface area contributed by atoms with Crippen LogP contribution in [0, 0.1) is 0 Å². The molecule has 1 fully saturated rings. The number of benzene rings is 1. The Morgan fingerprint density at radius 3 is 2.54 bits per heavy atom. The van der Waals surface area contributed by atoms with Crippen molar-refractivity contribution in [3.05, 3.63) is 53.9 Å². The van der Waals surface area contributed by atoms with Crippen molar-refractivity contribution in [2.45, 2.75) is 19.0 Å². The van der Waals surface area contributed by atoms with Crippen molar-refractivity contribution in [3.8, 4) is 0 Å². The molecule has 2 heterocycles. The Kier molecular flexibility index (Phi) is 4.42. The SMILES string of the molecule is O=C(c1cncc(Nc2cccc(C(F)(F)F)c2)c1)N1CCCC1. The normalized spacial score (nSPS) is 14.7. The maximum absolute atomic E-state index is 12.8. The van der Waals surface area contributed by atoms with Crippen molar-refractivity contribution in [1.82, 2.24) is 9.88 Å². The van der Waals surface area contributed by atoms with Crippen LogP contribution >= 0.6 is 0 Å². The first kappa shape index (κ1) is 16.3. The molecule has 126 valence electrons. The molecule has 2 aromatic rings. The van der Waals surface area contributed by atoms with Crippen molar-refractivity contribution in [3.63, 3.8) is 0 Å². The minimum atomic E-state index is -4.40. The van der Waals surface area contributed by atoms with Gasteiger partial charge in [-0.05, 0) is 37.1 Å². The van der Waals surface area contributed by atoms with Gasteiger partial charge in [0.25, 0.3) is 5.91 Å². The summed E-state index contributed by atoms with van der Waals surface area (Å²) < 4.78 is 38.3. The van der Waals surface area contributed by atoms with Crippen LogP contribution in [0.15, 0.2) is 42.7 Å². The summed E-state index contributed by atoms with van der Waals surface area (Å²) in [5.41, 5.74) is 0.454. The molecule has 4 nitrogen and oxygen atoms in total. The number of alkyl halides is 3. The average Bonchev–Trinajstić information content (AvgIpc) is 3.08. The number of pyridine rings is 1. The second kappa shape index (κ2) is 6.51. The topological polar surface area (TPSA) is 45.2 Å². The number of carbonyl (C=O) groups excluding carboxylic acids is 1. The van der Waals surface area contributed by atoms with Gasteiger partial charge in [-0.25, -0.2) is 0 Å². The van der Waals surface area contributed by atoms with Gasteiger partial charge in [-0.15, -0.1) is 0 Å². The van der Waals surface area contributed by atoms with E-state index >= 15 is 0 Å². The molecule has 1 aliphatic heterocycles. The average molecular weight is 335 g/mol. The minimum absolute atomic E-state index is 0.104. The van der Waals surface area contributed by atoms with E-state index in [1.54, 1.807) is 11.0 Å². The number of nitrogens with one attached hydrogen (secondary N) is 1. The lowest BCUT2D eigenvalue weighted by Crippen LogP contribution is -2.27. The van der Waals surface area contributed by atoms with Crippen LogP contribution in [0.1, 0.15) is 28.8 Å². The number of amides is 1. The van der Waals surface area contributed by atoms with E-state index in [1.165, 1.54) is 24.5 Å². The molecule has 1 N–H and O–H groups in total. The van der Waals surface area contributed by atoms with Gasteiger partial charge in [0.2, 0.25) is 0 Å². The zero-order valence-corrected chi connectivity index (χ0v) is 12.8. The predicted molar refractivity (Wildman–Crippen MR) is 84.1 cm³/mol. The lowest BCUT2D eigenvalue weighted by Gasteiger charge is -2.16. The van der Waals surface area contributed by atoms with Crippen LogP contribution in [0.2, 0.25) is 0 Å². The molecule has 0 unspecified atom stereocenters. The first-order valence-corrected chi connectivity index (χ1v) is 7.62. The Morgan fingerprint density at radius 1 is 1.08 bits per heavy atom. The van der Waals surface area contributed by atoms with Gasteiger partial charge >= 0.3 is 6.18 Å². The summed E-state index contributed by atoms with van der Waals surface area (Å²) in [7, 11) is 0. The Balaban J connectivity index is 1.78. The fourth-order valence-corrected chi connectivity index (χ4v) is 2.67. The number of hydrogen-bond acceptors (Lipinski definition) is 3. The lowest BCUT2D eigenvalue weighted by molar-refractivity contribution is -0.137. The highest BCUT2D eigenvalue weighted by molar-refractivity contribution is 5.95. The molecule has 1 aliphatic rings. The second-order valence-corrected chi connectivity index (χ2v) is 5.67. The molecule has 1 aromatic carbocycles. The van der Waals surface area contributed by atoms with E-state index < -0.39 is 11.7 Å². The van der Waals surface area contributed by atoms with Crippen LogP contribution in [0.25, 0.3) is 0 Å². The number of nitrogens with zero attached hydrogens (tertiary/aromatic N) is 2. The molecular formula is C17H16F3N3O. The van der Waals surface area contributed by atoms with Gasteiger partial charge in [-0.1, -0.05) is 6.07 Å². The number of rotatable bonds is 3. The van der Waals surface area contributed by atoms with E-state index in [4.69, 9.17) is 0 Å². The van der Waals surface area contributed by atoms with Gasteiger partial charge in [-0.2, -0.15) is 13.2 Å². The van der Waals surface area contributed by atoms with Crippen LogP contribution in [0.4, 0.5) is 24.5 Å². The van der Waals surface area contributed by atoms with Gasteiger partial charge in [-0.3, -0.25) is 9.78 Å². The molecule has 0 spiro atoms. The number of likely N-dealkylation sites (tertiary alicyclic amines) is 1. The van der Waals surface area contributed by atoms with Gasteiger partial charge in [0.15, 0.2) is 0 Å². The van der Waals surface area contributed by atoms with Crippen LogP contribution in [-0.2, 0) is 6.18 Å². The first-order valence-electron chi connectivity index (χ1n) is 7.62. The minimum Gasteiger partial charge on any atom is -0.354 e. The maximum atomic E-state index is 12.8. The number of aromatic nitrogens is 1. The molecule has 1 saturated heterocycles. The number of halogens is 3. The highest BCUT2D eigenvalue weighted by Crippen LogP contribution is 2.31. The van der Waals surface area contributed by atoms with Crippen LogP contribution < -0.4 is 5.32 Å². The number of carbonyl (C=O) groups is 1. The molecule has 1 aromatic heterocycles. The molecule has 0 bridgehead atoms. The van der Waals surface area contributed by atoms with Crippen LogP contribution in [0.3, 0.4) is 0 Å². The van der Waals surface area contributed by atoms with Crippen molar-refractivity contribution in [2.75, 3.05) is 18.4 Å². The van der Waals surface area contributed by atoms with Gasteiger partial charge in [0.05, 0.1) is 23.0 Å². The van der Waals surface area contributed by atoms with E-state index in [-0.39, 0.29) is 11.6 Å². The molecule has 0 saturated carbocycles. The van der Waals surface area contributed by atoms with Crippen molar-refractivity contribution >= 4 is 17.3 Å². The van der Waals surface area contributed by atoms with Crippen LogP contribution in [0.5, 0.6) is 0 Å². The summed E-state index contributed by atoms with van der Waals surface area (Å²) in [6, 6.07) is 6.50. The summed E-state index contributed by atoms with van der Waals surface area (Å²) in [6.45, 7) is 1.45.